The van der Waals surface area contributed by atoms with Gasteiger partial charge in [-0.2, -0.15) is 10.4 Å². The molecular formula is C10H15N5O. The summed E-state index contributed by atoms with van der Waals surface area (Å²) in [5, 5.41) is 25.2. The van der Waals surface area contributed by atoms with E-state index in [4.69, 9.17) is 16.1 Å². The number of nitrogens with two attached hydrogens (primary N) is 1. The summed E-state index contributed by atoms with van der Waals surface area (Å²) in [6.07, 6.45) is 3.43. The second kappa shape index (κ2) is 4.41. The summed E-state index contributed by atoms with van der Waals surface area (Å²) in [6, 6.07) is 2.45. The van der Waals surface area contributed by atoms with E-state index in [1.54, 1.807) is 0 Å². The highest BCUT2D eigenvalue weighted by Gasteiger charge is 2.22. The van der Waals surface area contributed by atoms with Gasteiger partial charge in [-0.1, -0.05) is 0 Å². The number of nitriles is 1. The molecule has 0 aromatic carbocycles. The number of aromatic nitrogens is 2. The first-order valence-electron chi connectivity index (χ1n) is 5.40. The monoisotopic (exact) mass is 221 g/mol. The molecule has 1 saturated carbocycles. The molecule has 0 spiro atoms. The maximum Gasteiger partial charge on any atom is 0.168 e. The van der Waals surface area contributed by atoms with Gasteiger partial charge in [0.1, 0.15) is 17.5 Å². The van der Waals surface area contributed by atoms with Gasteiger partial charge in [0, 0.05) is 6.04 Å². The van der Waals surface area contributed by atoms with Crippen molar-refractivity contribution < 1.29 is 5.11 Å². The normalized spacial score (nSPS) is 15.5. The van der Waals surface area contributed by atoms with Crippen molar-refractivity contribution in [1.82, 2.24) is 9.78 Å². The van der Waals surface area contributed by atoms with Crippen LogP contribution < -0.4 is 11.1 Å². The van der Waals surface area contributed by atoms with E-state index < -0.39 is 0 Å². The van der Waals surface area contributed by atoms with Crippen LogP contribution in [0.15, 0.2) is 0 Å². The maximum atomic E-state index is 9.00. The zero-order valence-corrected chi connectivity index (χ0v) is 8.98. The number of hydrogen-bond acceptors (Lipinski definition) is 5. The van der Waals surface area contributed by atoms with Gasteiger partial charge in [-0.15, -0.1) is 0 Å². The first-order chi connectivity index (χ1) is 7.76. The molecule has 0 saturated heterocycles. The highest BCUT2D eigenvalue weighted by Crippen LogP contribution is 2.26. The minimum absolute atomic E-state index is 0.0420. The number of nitrogens with zero attached hydrogens (tertiary/aromatic N) is 3. The van der Waals surface area contributed by atoms with E-state index in [0.717, 1.165) is 12.8 Å². The fourth-order valence-electron chi connectivity index (χ4n) is 1.70. The van der Waals surface area contributed by atoms with E-state index >= 15 is 0 Å². The molecule has 1 aliphatic carbocycles. The summed E-state index contributed by atoms with van der Waals surface area (Å²) >= 11 is 0. The third-order valence-corrected chi connectivity index (χ3v) is 2.86. The average Bonchev–Trinajstić information content (AvgIpc) is 2.50. The van der Waals surface area contributed by atoms with Gasteiger partial charge in [0.2, 0.25) is 0 Å². The van der Waals surface area contributed by atoms with Crippen LogP contribution in [-0.2, 0) is 6.54 Å². The Labute approximate surface area is 93.7 Å². The summed E-state index contributed by atoms with van der Waals surface area (Å²) in [7, 11) is 0. The molecule has 0 aliphatic heterocycles. The Balaban J connectivity index is 2.21. The highest BCUT2D eigenvalue weighted by molar-refractivity contribution is 5.64. The standard InChI is InChI=1S/C10H15N5O/c11-6-8-9(12)15(4-5-16)14-10(8)13-7-2-1-3-7/h7,16H,1-5,12H2,(H,13,14). The second-order valence-electron chi connectivity index (χ2n) is 3.94. The van der Waals surface area contributed by atoms with E-state index in [9.17, 15) is 0 Å². The number of nitrogen functional groups attached to an aromatic ring is 1. The first-order valence-corrected chi connectivity index (χ1v) is 5.40. The lowest BCUT2D eigenvalue weighted by atomic mass is 9.93. The number of anilines is 2. The Morgan fingerprint density at radius 2 is 2.38 bits per heavy atom. The van der Waals surface area contributed by atoms with Crippen molar-refractivity contribution in [2.45, 2.75) is 31.8 Å². The summed E-state index contributed by atoms with van der Waals surface area (Å²) in [6.45, 7) is 0.270. The minimum atomic E-state index is -0.0420. The molecular weight excluding hydrogens is 206 g/mol. The van der Waals surface area contributed by atoms with Gasteiger partial charge in [-0.25, -0.2) is 4.68 Å². The largest absolute Gasteiger partial charge is 0.394 e. The molecule has 0 bridgehead atoms. The molecule has 2 rings (SSSR count). The number of rotatable bonds is 4. The Hall–Kier alpha value is -1.74. The molecule has 1 aromatic rings. The van der Waals surface area contributed by atoms with Gasteiger partial charge >= 0.3 is 0 Å². The van der Waals surface area contributed by atoms with Crippen molar-refractivity contribution in [3.05, 3.63) is 5.56 Å². The molecule has 1 aromatic heterocycles. The summed E-state index contributed by atoms with van der Waals surface area (Å²) in [5.74, 6) is 0.858. The Kier molecular flexibility index (Phi) is 2.97. The topological polar surface area (TPSA) is 99.9 Å². The first kappa shape index (κ1) is 10.8. The quantitative estimate of drug-likeness (QED) is 0.678. The van der Waals surface area contributed by atoms with Crippen molar-refractivity contribution >= 4 is 11.6 Å². The molecule has 4 N–H and O–H groups in total. The molecule has 86 valence electrons. The molecule has 6 heteroatoms. The summed E-state index contributed by atoms with van der Waals surface area (Å²) < 4.78 is 1.46. The molecule has 6 nitrogen and oxygen atoms in total. The zero-order chi connectivity index (χ0) is 11.5. The molecule has 0 atom stereocenters. The van der Waals surface area contributed by atoms with Crippen LogP contribution >= 0.6 is 0 Å². The minimum Gasteiger partial charge on any atom is -0.394 e. The van der Waals surface area contributed by atoms with Crippen LogP contribution in [0.5, 0.6) is 0 Å². The van der Waals surface area contributed by atoms with E-state index in [1.807, 2.05) is 6.07 Å². The van der Waals surface area contributed by atoms with Crippen molar-refractivity contribution in [2.24, 2.45) is 0 Å². The van der Waals surface area contributed by atoms with Crippen molar-refractivity contribution in [3.63, 3.8) is 0 Å². The Bertz CT molecular complexity index is 416. The van der Waals surface area contributed by atoms with Crippen molar-refractivity contribution in [1.29, 1.82) is 5.26 Å². The van der Waals surface area contributed by atoms with Crippen molar-refractivity contribution in [2.75, 3.05) is 17.7 Å². The van der Waals surface area contributed by atoms with Crippen LogP contribution in [0.4, 0.5) is 11.6 Å². The zero-order valence-electron chi connectivity index (χ0n) is 8.98. The van der Waals surface area contributed by atoms with Crippen LogP contribution in [0, 0.1) is 11.3 Å². The number of aliphatic hydroxyl groups is 1. The van der Waals surface area contributed by atoms with E-state index in [1.165, 1.54) is 11.1 Å². The molecule has 16 heavy (non-hydrogen) atoms. The van der Waals surface area contributed by atoms with Crippen LogP contribution in [-0.4, -0.2) is 27.5 Å². The van der Waals surface area contributed by atoms with Gasteiger partial charge < -0.3 is 16.2 Å². The molecule has 1 aliphatic rings. The van der Waals surface area contributed by atoms with Crippen LogP contribution in [0.1, 0.15) is 24.8 Å². The Morgan fingerprint density at radius 1 is 1.62 bits per heavy atom. The summed E-state index contributed by atoms with van der Waals surface area (Å²) in [5.41, 5.74) is 6.14. The fourth-order valence-corrected chi connectivity index (χ4v) is 1.70. The third kappa shape index (κ3) is 1.82. The lowest BCUT2D eigenvalue weighted by Gasteiger charge is -2.26. The predicted octanol–water partition coefficient (Wildman–Crippen LogP) is 0.294. The molecule has 0 amide bonds. The predicted molar refractivity (Wildman–Crippen MR) is 59.7 cm³/mol. The van der Waals surface area contributed by atoms with Crippen LogP contribution in [0.2, 0.25) is 0 Å². The summed E-state index contributed by atoms with van der Waals surface area (Å²) in [4.78, 5) is 0. The molecule has 1 heterocycles. The van der Waals surface area contributed by atoms with E-state index in [2.05, 4.69) is 10.4 Å². The SMILES string of the molecule is N#Cc1c(NC2CCC2)nn(CCO)c1N. The number of aliphatic hydroxyl groups excluding tert-OH is 1. The molecule has 1 fully saturated rings. The number of nitrogens with one attached hydrogen (secondary N) is 1. The third-order valence-electron chi connectivity index (χ3n) is 2.86. The average molecular weight is 221 g/mol. The van der Waals surface area contributed by atoms with Crippen LogP contribution in [0.3, 0.4) is 0 Å². The maximum absolute atomic E-state index is 9.00. The van der Waals surface area contributed by atoms with Gasteiger partial charge in [0.15, 0.2) is 5.82 Å². The van der Waals surface area contributed by atoms with E-state index in [0.29, 0.717) is 29.8 Å². The van der Waals surface area contributed by atoms with E-state index in [-0.39, 0.29) is 6.61 Å². The van der Waals surface area contributed by atoms with Crippen LogP contribution in [0.25, 0.3) is 0 Å². The fraction of sp³-hybridized carbons (Fsp3) is 0.600. The second-order valence-corrected chi connectivity index (χ2v) is 3.94. The van der Waals surface area contributed by atoms with Gasteiger partial charge in [0.25, 0.3) is 0 Å². The Morgan fingerprint density at radius 3 is 2.88 bits per heavy atom. The lowest BCUT2D eigenvalue weighted by Crippen LogP contribution is -2.27. The smallest absolute Gasteiger partial charge is 0.168 e. The van der Waals surface area contributed by atoms with Gasteiger partial charge in [-0.3, -0.25) is 0 Å². The molecule has 0 unspecified atom stereocenters. The van der Waals surface area contributed by atoms with Crippen molar-refractivity contribution in [3.8, 4) is 6.07 Å². The molecule has 0 radical (unpaired) electrons. The van der Waals surface area contributed by atoms with Gasteiger partial charge in [0.05, 0.1) is 13.2 Å². The van der Waals surface area contributed by atoms with Gasteiger partial charge in [-0.05, 0) is 19.3 Å². The number of hydrogen-bond donors (Lipinski definition) is 3. The lowest BCUT2D eigenvalue weighted by molar-refractivity contribution is 0.270. The highest BCUT2D eigenvalue weighted by atomic mass is 16.3.